The molecule has 108 valence electrons. The molecule has 0 saturated carbocycles. The Morgan fingerprint density at radius 3 is 2.90 bits per heavy atom. The van der Waals surface area contributed by atoms with Crippen LogP contribution in [0.3, 0.4) is 0 Å². The van der Waals surface area contributed by atoms with E-state index >= 15 is 0 Å². The van der Waals surface area contributed by atoms with E-state index in [-0.39, 0.29) is 0 Å². The van der Waals surface area contributed by atoms with Gasteiger partial charge in [-0.1, -0.05) is 11.3 Å². The number of pyridine rings is 1. The van der Waals surface area contributed by atoms with E-state index in [4.69, 9.17) is 10.5 Å². The number of nitrogens with zero attached hydrogens (tertiary/aromatic N) is 5. The highest BCUT2D eigenvalue weighted by Crippen LogP contribution is 2.33. The van der Waals surface area contributed by atoms with Crippen LogP contribution in [0.1, 0.15) is 17.8 Å². The van der Waals surface area contributed by atoms with Crippen LogP contribution in [0.5, 0.6) is 0 Å². The van der Waals surface area contributed by atoms with Crippen LogP contribution in [0, 0.1) is 0 Å². The van der Waals surface area contributed by atoms with E-state index in [9.17, 15) is 0 Å². The first-order valence-corrected chi connectivity index (χ1v) is 7.58. The average molecular weight is 302 g/mol. The number of nitrogens with two attached hydrogens (primary N) is 1. The summed E-state index contributed by atoms with van der Waals surface area (Å²) in [7, 11) is 0. The zero-order chi connectivity index (χ0) is 14.3. The van der Waals surface area contributed by atoms with Crippen molar-refractivity contribution >= 4 is 16.3 Å². The molecule has 8 heteroatoms. The molecule has 3 aromatic heterocycles. The lowest BCUT2D eigenvalue weighted by Gasteiger charge is -2.30. The lowest BCUT2D eigenvalue weighted by Crippen LogP contribution is -2.42. The van der Waals surface area contributed by atoms with Gasteiger partial charge in [0.15, 0.2) is 5.82 Å². The van der Waals surface area contributed by atoms with Crippen molar-refractivity contribution in [3.05, 3.63) is 29.5 Å². The number of ether oxygens (including phenoxy) is 1. The van der Waals surface area contributed by atoms with Gasteiger partial charge >= 0.3 is 0 Å². The van der Waals surface area contributed by atoms with Crippen molar-refractivity contribution in [1.82, 2.24) is 24.8 Å². The molecule has 0 aliphatic carbocycles. The fourth-order valence-corrected chi connectivity index (χ4v) is 3.44. The summed E-state index contributed by atoms with van der Waals surface area (Å²) >= 11 is 1.50. The molecule has 2 N–H and O–H groups in total. The van der Waals surface area contributed by atoms with Crippen LogP contribution >= 0.6 is 11.3 Å². The van der Waals surface area contributed by atoms with Gasteiger partial charge in [0.2, 0.25) is 4.96 Å². The van der Waals surface area contributed by atoms with Gasteiger partial charge in [-0.2, -0.15) is 9.61 Å². The van der Waals surface area contributed by atoms with Crippen molar-refractivity contribution in [2.24, 2.45) is 5.73 Å². The fraction of sp³-hybridized carbons (Fsp3) is 0.385. The fourth-order valence-electron chi connectivity index (χ4n) is 2.44. The first-order valence-electron chi connectivity index (χ1n) is 6.76. The van der Waals surface area contributed by atoms with E-state index in [0.717, 1.165) is 28.4 Å². The Hall–Kier alpha value is -1.90. The summed E-state index contributed by atoms with van der Waals surface area (Å²) in [6, 6.07) is 3.81. The van der Waals surface area contributed by atoms with E-state index in [1.165, 1.54) is 11.3 Å². The van der Waals surface area contributed by atoms with Crippen LogP contribution in [0.2, 0.25) is 0 Å². The van der Waals surface area contributed by atoms with Crippen molar-refractivity contribution in [3.8, 4) is 11.4 Å². The lowest BCUT2D eigenvalue weighted by atomic mass is 9.92. The standard InChI is InChI=1S/C13H14N6OS/c14-13(3-6-20-7-4-13)11-18-19-10(16-17-12(19)21-11)9-2-1-5-15-8-9/h1-2,5,8H,3-4,6-7,14H2. The Labute approximate surface area is 124 Å². The van der Waals surface area contributed by atoms with Gasteiger partial charge in [0, 0.05) is 31.2 Å². The molecule has 0 atom stereocenters. The molecular weight excluding hydrogens is 288 g/mol. The Kier molecular flexibility index (Phi) is 2.95. The number of aromatic nitrogens is 5. The van der Waals surface area contributed by atoms with Crippen molar-refractivity contribution in [3.63, 3.8) is 0 Å². The lowest BCUT2D eigenvalue weighted by molar-refractivity contribution is 0.0519. The quantitative estimate of drug-likeness (QED) is 0.765. The number of hydrogen-bond acceptors (Lipinski definition) is 7. The monoisotopic (exact) mass is 302 g/mol. The van der Waals surface area contributed by atoms with Crippen LogP contribution in [0.4, 0.5) is 0 Å². The average Bonchev–Trinajstić information content (AvgIpc) is 3.09. The molecule has 1 aliphatic rings. The highest BCUT2D eigenvalue weighted by Gasteiger charge is 2.34. The van der Waals surface area contributed by atoms with Gasteiger partial charge in [-0.3, -0.25) is 4.98 Å². The van der Waals surface area contributed by atoms with Crippen LogP contribution in [0.25, 0.3) is 16.3 Å². The zero-order valence-electron chi connectivity index (χ0n) is 11.3. The summed E-state index contributed by atoms with van der Waals surface area (Å²) < 4.78 is 7.14. The molecule has 4 rings (SSSR count). The Morgan fingerprint density at radius 1 is 1.29 bits per heavy atom. The maximum Gasteiger partial charge on any atom is 0.235 e. The van der Waals surface area contributed by atoms with E-state index in [0.29, 0.717) is 19.0 Å². The molecule has 0 radical (unpaired) electrons. The molecule has 0 unspecified atom stereocenters. The Bertz CT molecular complexity index is 761. The van der Waals surface area contributed by atoms with E-state index in [1.54, 1.807) is 16.9 Å². The third-order valence-corrected chi connectivity index (χ3v) is 4.84. The number of hydrogen-bond donors (Lipinski definition) is 1. The molecule has 0 bridgehead atoms. The van der Waals surface area contributed by atoms with E-state index in [1.807, 2.05) is 12.1 Å². The van der Waals surface area contributed by atoms with Gasteiger partial charge in [0.25, 0.3) is 0 Å². The molecule has 21 heavy (non-hydrogen) atoms. The van der Waals surface area contributed by atoms with Crippen LogP contribution in [0.15, 0.2) is 24.5 Å². The van der Waals surface area contributed by atoms with Crippen molar-refractivity contribution in [2.45, 2.75) is 18.4 Å². The summed E-state index contributed by atoms with van der Waals surface area (Å²) in [6.07, 6.45) is 5.03. The summed E-state index contributed by atoms with van der Waals surface area (Å²) in [6.45, 7) is 1.35. The third-order valence-electron chi connectivity index (χ3n) is 3.72. The molecule has 3 aromatic rings. The second-order valence-corrected chi connectivity index (χ2v) is 6.09. The SMILES string of the molecule is NC1(c2nn3c(-c4cccnc4)nnc3s2)CCOCC1. The minimum absolute atomic E-state index is 0.421. The summed E-state index contributed by atoms with van der Waals surface area (Å²) in [5.41, 5.74) is 6.95. The third kappa shape index (κ3) is 2.11. The van der Waals surface area contributed by atoms with Gasteiger partial charge in [0.1, 0.15) is 5.01 Å². The second-order valence-electron chi connectivity index (χ2n) is 5.14. The highest BCUT2D eigenvalue weighted by atomic mass is 32.1. The van der Waals surface area contributed by atoms with Crippen molar-refractivity contribution < 1.29 is 4.74 Å². The maximum absolute atomic E-state index is 6.49. The highest BCUT2D eigenvalue weighted by molar-refractivity contribution is 7.16. The summed E-state index contributed by atoms with van der Waals surface area (Å²) in [5, 5.41) is 13.9. The van der Waals surface area contributed by atoms with E-state index < -0.39 is 5.54 Å². The largest absolute Gasteiger partial charge is 0.381 e. The van der Waals surface area contributed by atoms with E-state index in [2.05, 4.69) is 20.3 Å². The maximum atomic E-state index is 6.49. The normalized spacial score (nSPS) is 18.1. The predicted octanol–water partition coefficient (Wildman–Crippen LogP) is 1.21. The Balaban J connectivity index is 1.79. The topological polar surface area (TPSA) is 91.2 Å². The molecule has 0 amide bonds. The molecule has 1 aliphatic heterocycles. The predicted molar refractivity (Wildman–Crippen MR) is 77.8 cm³/mol. The van der Waals surface area contributed by atoms with Crippen LogP contribution < -0.4 is 5.73 Å². The smallest absolute Gasteiger partial charge is 0.235 e. The molecule has 1 saturated heterocycles. The molecule has 4 heterocycles. The van der Waals surface area contributed by atoms with Gasteiger partial charge in [-0.15, -0.1) is 10.2 Å². The van der Waals surface area contributed by atoms with Gasteiger partial charge in [-0.25, -0.2) is 0 Å². The summed E-state index contributed by atoms with van der Waals surface area (Å²) in [5.74, 6) is 0.691. The molecule has 0 spiro atoms. The van der Waals surface area contributed by atoms with Gasteiger partial charge in [-0.05, 0) is 25.0 Å². The Morgan fingerprint density at radius 2 is 2.14 bits per heavy atom. The zero-order valence-corrected chi connectivity index (χ0v) is 12.1. The van der Waals surface area contributed by atoms with Crippen molar-refractivity contribution in [2.75, 3.05) is 13.2 Å². The van der Waals surface area contributed by atoms with Crippen molar-refractivity contribution in [1.29, 1.82) is 0 Å². The van der Waals surface area contributed by atoms with Gasteiger partial charge in [0.05, 0.1) is 5.54 Å². The molecule has 0 aromatic carbocycles. The first kappa shape index (κ1) is 12.8. The minimum atomic E-state index is -0.421. The minimum Gasteiger partial charge on any atom is -0.381 e. The number of rotatable bonds is 2. The van der Waals surface area contributed by atoms with Crippen LogP contribution in [-0.2, 0) is 10.3 Å². The summed E-state index contributed by atoms with van der Waals surface area (Å²) in [4.78, 5) is 4.86. The molecule has 7 nitrogen and oxygen atoms in total. The molecule has 1 fully saturated rings. The van der Waals surface area contributed by atoms with Gasteiger partial charge < -0.3 is 10.5 Å². The first-order chi connectivity index (χ1) is 10.3. The van der Waals surface area contributed by atoms with Crippen LogP contribution in [-0.4, -0.2) is 38.0 Å². The molecular formula is C13H14N6OS. The second kappa shape index (κ2) is 4.83. The number of fused-ring (bicyclic) bond motifs is 1.